The average Bonchev–Trinajstić information content (AvgIpc) is 2.53. The maximum atomic E-state index is 11.7. The van der Waals surface area contributed by atoms with E-state index in [1.807, 2.05) is 55.5 Å². The van der Waals surface area contributed by atoms with Gasteiger partial charge in [0.1, 0.15) is 0 Å². The molecule has 0 aliphatic carbocycles. The second kappa shape index (κ2) is 7.71. The van der Waals surface area contributed by atoms with E-state index in [4.69, 9.17) is 0 Å². The van der Waals surface area contributed by atoms with Crippen molar-refractivity contribution in [1.29, 1.82) is 0 Å². The van der Waals surface area contributed by atoms with Crippen LogP contribution in [-0.2, 0) is 0 Å². The number of rotatable bonds is 3. The summed E-state index contributed by atoms with van der Waals surface area (Å²) in [5.74, 6) is 5.89. The number of nitrogens with zero attached hydrogens (tertiary/aromatic N) is 1. The van der Waals surface area contributed by atoms with Gasteiger partial charge in [-0.1, -0.05) is 36.1 Å². The third-order valence-corrected chi connectivity index (χ3v) is 2.82. The van der Waals surface area contributed by atoms with Gasteiger partial charge in [0.15, 0.2) is 0 Å². The van der Waals surface area contributed by atoms with Gasteiger partial charge < -0.3 is 10.6 Å². The fourth-order valence-corrected chi connectivity index (χ4v) is 1.75. The molecular formula is C17H17N3O. The van der Waals surface area contributed by atoms with E-state index in [1.54, 1.807) is 6.20 Å². The van der Waals surface area contributed by atoms with Gasteiger partial charge in [-0.25, -0.2) is 4.79 Å². The third-order valence-electron chi connectivity index (χ3n) is 2.82. The molecule has 1 heterocycles. The van der Waals surface area contributed by atoms with Crippen LogP contribution in [0.5, 0.6) is 0 Å². The molecule has 0 saturated heterocycles. The third kappa shape index (κ3) is 5.00. The molecule has 1 aromatic carbocycles. The zero-order valence-electron chi connectivity index (χ0n) is 11.8. The molecule has 0 aliphatic heterocycles. The summed E-state index contributed by atoms with van der Waals surface area (Å²) in [6, 6.07) is 14.9. The number of aromatic nitrogens is 1. The Balaban J connectivity index is 1.77. The van der Waals surface area contributed by atoms with Gasteiger partial charge >= 0.3 is 6.03 Å². The number of pyridine rings is 1. The number of benzene rings is 1. The smallest absolute Gasteiger partial charge is 0.316 e. The molecule has 1 atom stereocenters. The Hall–Kier alpha value is -2.80. The van der Waals surface area contributed by atoms with E-state index in [0.717, 1.165) is 11.3 Å². The topological polar surface area (TPSA) is 54.0 Å². The van der Waals surface area contributed by atoms with Crippen LogP contribution in [0.25, 0.3) is 0 Å². The number of hydrogen-bond acceptors (Lipinski definition) is 2. The lowest BCUT2D eigenvalue weighted by molar-refractivity contribution is 0.239. The van der Waals surface area contributed by atoms with Crippen LogP contribution >= 0.6 is 0 Å². The Bertz CT molecular complexity index is 629. The Morgan fingerprint density at radius 1 is 1.19 bits per heavy atom. The minimum Gasteiger partial charge on any atom is -0.330 e. The van der Waals surface area contributed by atoms with Crippen LogP contribution in [0, 0.1) is 11.8 Å². The molecule has 106 valence electrons. The second-order valence-corrected chi connectivity index (χ2v) is 4.47. The molecular weight excluding hydrogens is 262 g/mol. The fraction of sp³-hybridized carbons (Fsp3) is 0.176. The Morgan fingerprint density at radius 2 is 1.95 bits per heavy atom. The van der Waals surface area contributed by atoms with Crippen molar-refractivity contribution in [2.24, 2.45) is 0 Å². The quantitative estimate of drug-likeness (QED) is 0.848. The highest BCUT2D eigenvalue weighted by Gasteiger charge is 2.08. The zero-order valence-corrected chi connectivity index (χ0v) is 11.8. The highest BCUT2D eigenvalue weighted by molar-refractivity contribution is 5.74. The summed E-state index contributed by atoms with van der Waals surface area (Å²) in [6.07, 6.45) is 1.71. The average molecular weight is 279 g/mol. The largest absolute Gasteiger partial charge is 0.330 e. The summed E-state index contributed by atoms with van der Waals surface area (Å²) in [4.78, 5) is 15.9. The van der Waals surface area contributed by atoms with Gasteiger partial charge in [-0.3, -0.25) is 4.98 Å². The van der Waals surface area contributed by atoms with Crippen molar-refractivity contribution in [1.82, 2.24) is 15.6 Å². The van der Waals surface area contributed by atoms with Crippen LogP contribution in [-0.4, -0.2) is 17.6 Å². The molecule has 2 rings (SSSR count). The Kier molecular flexibility index (Phi) is 5.36. The van der Waals surface area contributed by atoms with E-state index in [2.05, 4.69) is 27.5 Å². The highest BCUT2D eigenvalue weighted by Crippen LogP contribution is 2.06. The maximum Gasteiger partial charge on any atom is 0.316 e. The van der Waals surface area contributed by atoms with Crippen molar-refractivity contribution < 1.29 is 4.79 Å². The van der Waals surface area contributed by atoms with Crippen LogP contribution in [0.4, 0.5) is 4.79 Å². The van der Waals surface area contributed by atoms with Gasteiger partial charge in [-0.2, -0.15) is 0 Å². The Labute approximate surface area is 124 Å². The molecule has 1 aromatic heterocycles. The predicted octanol–water partition coefficient (Wildman–Crippen LogP) is 2.49. The molecule has 1 unspecified atom stereocenters. The molecule has 2 aromatic rings. The van der Waals surface area contributed by atoms with Crippen LogP contribution in [0.1, 0.15) is 24.2 Å². The standard InChI is InChI=1S/C17H17N3O/c1-14(16-11-5-6-12-18-16)20-17(21)19-13-7-10-15-8-3-2-4-9-15/h2-6,8-9,11-12,14H,13H2,1H3,(H2,19,20,21). The van der Waals surface area contributed by atoms with Crippen molar-refractivity contribution in [3.63, 3.8) is 0 Å². The minimum atomic E-state index is -0.254. The summed E-state index contributed by atoms with van der Waals surface area (Å²) in [5.41, 5.74) is 1.75. The molecule has 21 heavy (non-hydrogen) atoms. The summed E-state index contributed by atoms with van der Waals surface area (Å²) in [6.45, 7) is 2.19. The molecule has 0 bridgehead atoms. The molecule has 0 fully saturated rings. The predicted molar refractivity (Wildman–Crippen MR) is 82.5 cm³/mol. The normalized spacial score (nSPS) is 10.9. The molecule has 0 spiro atoms. The first-order valence-corrected chi connectivity index (χ1v) is 6.75. The van der Waals surface area contributed by atoms with E-state index in [-0.39, 0.29) is 12.1 Å². The van der Waals surface area contributed by atoms with Crippen LogP contribution < -0.4 is 10.6 Å². The maximum absolute atomic E-state index is 11.7. The zero-order chi connectivity index (χ0) is 14.9. The van der Waals surface area contributed by atoms with Gasteiger partial charge in [0, 0.05) is 11.8 Å². The number of nitrogens with one attached hydrogen (secondary N) is 2. The molecule has 4 heteroatoms. The number of carbonyl (C=O) groups excluding carboxylic acids is 1. The van der Waals surface area contributed by atoms with Crippen molar-refractivity contribution >= 4 is 6.03 Å². The van der Waals surface area contributed by atoms with E-state index in [1.165, 1.54) is 0 Å². The van der Waals surface area contributed by atoms with Crippen molar-refractivity contribution in [3.8, 4) is 11.8 Å². The van der Waals surface area contributed by atoms with E-state index >= 15 is 0 Å². The second-order valence-electron chi connectivity index (χ2n) is 4.47. The molecule has 4 nitrogen and oxygen atoms in total. The van der Waals surface area contributed by atoms with Crippen molar-refractivity contribution in [2.45, 2.75) is 13.0 Å². The first-order valence-electron chi connectivity index (χ1n) is 6.75. The summed E-state index contributed by atoms with van der Waals surface area (Å²) in [5, 5.41) is 5.52. The van der Waals surface area contributed by atoms with Crippen molar-refractivity contribution in [2.75, 3.05) is 6.54 Å². The van der Waals surface area contributed by atoms with Gasteiger partial charge in [0.25, 0.3) is 0 Å². The van der Waals surface area contributed by atoms with Crippen molar-refractivity contribution in [3.05, 3.63) is 66.0 Å². The number of carbonyl (C=O) groups is 1. The lowest BCUT2D eigenvalue weighted by atomic mass is 10.2. The number of amides is 2. The fourth-order valence-electron chi connectivity index (χ4n) is 1.75. The molecule has 0 aliphatic rings. The van der Waals surface area contributed by atoms with E-state index in [9.17, 15) is 4.79 Å². The van der Waals surface area contributed by atoms with Gasteiger partial charge in [-0.05, 0) is 31.2 Å². The molecule has 0 saturated carbocycles. The minimum absolute atomic E-state index is 0.145. The molecule has 2 amide bonds. The molecule has 2 N–H and O–H groups in total. The number of urea groups is 1. The highest BCUT2D eigenvalue weighted by atomic mass is 16.2. The van der Waals surface area contributed by atoms with E-state index in [0.29, 0.717) is 6.54 Å². The van der Waals surface area contributed by atoms with Gasteiger partial charge in [0.05, 0.1) is 18.3 Å². The summed E-state index contributed by atoms with van der Waals surface area (Å²) >= 11 is 0. The summed E-state index contributed by atoms with van der Waals surface area (Å²) in [7, 11) is 0. The monoisotopic (exact) mass is 279 g/mol. The lowest BCUT2D eigenvalue weighted by Crippen LogP contribution is -2.37. The molecule has 0 radical (unpaired) electrons. The van der Waals surface area contributed by atoms with Crippen LogP contribution in [0.15, 0.2) is 54.7 Å². The number of hydrogen-bond donors (Lipinski definition) is 2. The van der Waals surface area contributed by atoms with E-state index < -0.39 is 0 Å². The van der Waals surface area contributed by atoms with Gasteiger partial charge in [0.2, 0.25) is 0 Å². The summed E-state index contributed by atoms with van der Waals surface area (Å²) < 4.78 is 0. The first-order chi connectivity index (χ1) is 10.3. The first kappa shape index (κ1) is 14.6. The lowest BCUT2D eigenvalue weighted by Gasteiger charge is -2.12. The van der Waals surface area contributed by atoms with Gasteiger partial charge in [-0.15, -0.1) is 0 Å². The van der Waals surface area contributed by atoms with Crippen LogP contribution in [0.2, 0.25) is 0 Å². The van der Waals surface area contributed by atoms with Crippen LogP contribution in [0.3, 0.4) is 0 Å². The SMILES string of the molecule is CC(NC(=O)NCC#Cc1ccccc1)c1ccccn1. The Morgan fingerprint density at radius 3 is 2.67 bits per heavy atom.